The molecule has 0 radical (unpaired) electrons. The molecule has 1 aliphatic carbocycles. The van der Waals surface area contributed by atoms with E-state index in [0.717, 1.165) is 13.0 Å². The Morgan fingerprint density at radius 3 is 1.96 bits per heavy atom. The van der Waals surface area contributed by atoms with Gasteiger partial charge in [-0.2, -0.15) is 36.0 Å². The maximum Gasteiger partial charge on any atom is 0.460 e. The van der Waals surface area contributed by atoms with Crippen molar-refractivity contribution < 1.29 is 40.6 Å². The third-order valence-corrected chi connectivity index (χ3v) is 3.81. The van der Waals surface area contributed by atoms with Gasteiger partial charge in [-0.15, -0.1) is 0 Å². The van der Waals surface area contributed by atoms with E-state index in [2.05, 4.69) is 4.74 Å². The minimum absolute atomic E-state index is 0.208. The summed E-state index contributed by atoms with van der Waals surface area (Å²) in [6, 6.07) is 1.15. The molecule has 0 spiro atoms. The fraction of sp³-hybridized carbons (Fsp3) is 0.786. The summed E-state index contributed by atoms with van der Waals surface area (Å²) in [7, 11) is 0. The smallest absolute Gasteiger partial charge is 0.460 e. The SMILES string of the molecule is CCO/C(=C(/C#N)C1(O)CCCCC1)C(F)(F)C(F)(F)C(F)(F)F. The first-order valence-corrected chi connectivity index (χ1v) is 7.18. The number of aliphatic hydroxyl groups is 1. The Labute approximate surface area is 133 Å². The lowest BCUT2D eigenvalue weighted by atomic mass is 9.78. The van der Waals surface area contributed by atoms with Crippen molar-refractivity contribution in [1.82, 2.24) is 0 Å². The van der Waals surface area contributed by atoms with Crippen LogP contribution >= 0.6 is 0 Å². The van der Waals surface area contributed by atoms with E-state index in [0.29, 0.717) is 19.3 Å². The standard InChI is InChI=1S/C14H16F7NO2/c1-2-24-10(12(15,16)13(17,18)14(19,20)21)9(8-22)11(23)6-4-3-5-7-11/h23H,2-7H2,1H3/b10-9-. The van der Waals surface area contributed by atoms with E-state index in [9.17, 15) is 35.8 Å². The number of allylic oxidation sites excluding steroid dienone is 1. The van der Waals surface area contributed by atoms with Gasteiger partial charge in [0, 0.05) is 0 Å². The summed E-state index contributed by atoms with van der Waals surface area (Å²) in [5.74, 6) is -14.4. The summed E-state index contributed by atoms with van der Waals surface area (Å²) in [4.78, 5) is 0. The van der Waals surface area contributed by atoms with Crippen LogP contribution in [0.2, 0.25) is 0 Å². The van der Waals surface area contributed by atoms with Gasteiger partial charge < -0.3 is 9.84 Å². The van der Waals surface area contributed by atoms with Crippen molar-refractivity contribution in [3.63, 3.8) is 0 Å². The van der Waals surface area contributed by atoms with E-state index in [1.807, 2.05) is 0 Å². The minimum atomic E-state index is -6.56. The first-order valence-electron chi connectivity index (χ1n) is 7.18. The molecule has 0 aliphatic heterocycles. The maximum atomic E-state index is 14.0. The van der Waals surface area contributed by atoms with Crippen LogP contribution in [-0.4, -0.2) is 35.3 Å². The molecule has 1 N–H and O–H groups in total. The number of nitrogens with zero attached hydrogens (tertiary/aromatic N) is 1. The Balaban J connectivity index is 3.56. The molecule has 0 aromatic heterocycles. The summed E-state index contributed by atoms with van der Waals surface area (Å²) < 4.78 is 96.0. The van der Waals surface area contributed by atoms with Gasteiger partial charge >= 0.3 is 18.0 Å². The van der Waals surface area contributed by atoms with Gasteiger partial charge in [-0.1, -0.05) is 19.3 Å². The Hall–Kier alpha value is -1.50. The lowest BCUT2D eigenvalue weighted by Gasteiger charge is -2.35. The summed E-state index contributed by atoms with van der Waals surface area (Å²) in [6.45, 7) is 0.405. The van der Waals surface area contributed by atoms with E-state index in [-0.39, 0.29) is 12.8 Å². The normalized spacial score (nSPS) is 20.2. The average molecular weight is 363 g/mol. The van der Waals surface area contributed by atoms with Crippen molar-refractivity contribution in [2.24, 2.45) is 0 Å². The lowest BCUT2D eigenvalue weighted by Crippen LogP contribution is -2.54. The van der Waals surface area contributed by atoms with Crippen LogP contribution in [0.4, 0.5) is 30.7 Å². The molecule has 0 saturated heterocycles. The molecule has 1 saturated carbocycles. The van der Waals surface area contributed by atoms with Crippen LogP contribution in [0.1, 0.15) is 39.0 Å². The Morgan fingerprint density at radius 2 is 1.58 bits per heavy atom. The number of hydrogen-bond donors (Lipinski definition) is 1. The van der Waals surface area contributed by atoms with Crippen LogP contribution in [0.15, 0.2) is 11.3 Å². The van der Waals surface area contributed by atoms with E-state index in [1.165, 1.54) is 0 Å². The molecule has 0 unspecified atom stereocenters. The number of halogens is 7. The van der Waals surface area contributed by atoms with Crippen LogP contribution in [0.3, 0.4) is 0 Å². The molecule has 0 amide bonds. The van der Waals surface area contributed by atoms with Gasteiger partial charge in [0.25, 0.3) is 0 Å². The zero-order chi connectivity index (χ0) is 18.8. The molecule has 1 rings (SSSR count). The zero-order valence-electron chi connectivity index (χ0n) is 12.7. The van der Waals surface area contributed by atoms with Gasteiger partial charge in [0.15, 0.2) is 5.76 Å². The second kappa shape index (κ2) is 6.78. The van der Waals surface area contributed by atoms with Gasteiger partial charge in [0.05, 0.1) is 6.61 Å². The van der Waals surface area contributed by atoms with Crippen LogP contribution < -0.4 is 0 Å². The highest BCUT2D eigenvalue weighted by Gasteiger charge is 2.76. The predicted molar refractivity (Wildman–Crippen MR) is 68.2 cm³/mol. The molecule has 10 heteroatoms. The van der Waals surface area contributed by atoms with Gasteiger partial charge in [-0.25, -0.2) is 0 Å². The number of alkyl halides is 7. The lowest BCUT2D eigenvalue weighted by molar-refractivity contribution is -0.351. The molecule has 0 heterocycles. The van der Waals surface area contributed by atoms with Crippen LogP contribution in [0, 0.1) is 11.3 Å². The summed E-state index contributed by atoms with van der Waals surface area (Å²) >= 11 is 0. The quantitative estimate of drug-likeness (QED) is 0.449. The Bertz CT molecular complexity index is 528. The molecule has 0 atom stereocenters. The highest BCUT2D eigenvalue weighted by atomic mass is 19.4. The highest BCUT2D eigenvalue weighted by molar-refractivity contribution is 5.38. The molecule has 3 nitrogen and oxygen atoms in total. The van der Waals surface area contributed by atoms with E-state index >= 15 is 0 Å². The van der Waals surface area contributed by atoms with E-state index in [1.54, 1.807) is 0 Å². The second-order valence-electron chi connectivity index (χ2n) is 5.49. The fourth-order valence-electron chi connectivity index (χ4n) is 2.54. The van der Waals surface area contributed by atoms with Crippen molar-refractivity contribution in [2.45, 2.75) is 62.7 Å². The summed E-state index contributed by atoms with van der Waals surface area (Å²) in [5, 5.41) is 19.4. The largest absolute Gasteiger partial charge is 0.491 e. The Morgan fingerprint density at radius 1 is 1.08 bits per heavy atom. The highest BCUT2D eigenvalue weighted by Crippen LogP contribution is 2.52. The number of nitriles is 1. The van der Waals surface area contributed by atoms with Gasteiger partial charge in [0.1, 0.15) is 17.2 Å². The molecule has 0 bridgehead atoms. The molecule has 1 fully saturated rings. The van der Waals surface area contributed by atoms with Crippen LogP contribution in [0.5, 0.6) is 0 Å². The van der Waals surface area contributed by atoms with Gasteiger partial charge in [-0.3, -0.25) is 0 Å². The van der Waals surface area contributed by atoms with Crippen LogP contribution in [0.25, 0.3) is 0 Å². The molecule has 0 aromatic rings. The van der Waals surface area contributed by atoms with Crippen molar-refractivity contribution in [3.05, 3.63) is 11.3 Å². The van der Waals surface area contributed by atoms with Crippen LogP contribution in [-0.2, 0) is 4.74 Å². The van der Waals surface area contributed by atoms with Gasteiger partial charge in [-0.05, 0) is 19.8 Å². The monoisotopic (exact) mass is 363 g/mol. The molecular formula is C14H16F7NO2. The molecule has 0 aromatic carbocycles. The number of ether oxygens (including phenoxy) is 1. The molecule has 138 valence electrons. The molecule has 1 aliphatic rings. The number of hydrogen-bond acceptors (Lipinski definition) is 3. The third kappa shape index (κ3) is 3.45. The Kier molecular flexibility index (Phi) is 5.81. The molecule has 24 heavy (non-hydrogen) atoms. The average Bonchev–Trinajstić information content (AvgIpc) is 2.46. The number of rotatable bonds is 5. The topological polar surface area (TPSA) is 53.2 Å². The predicted octanol–water partition coefficient (Wildman–Crippen LogP) is 4.33. The summed E-state index contributed by atoms with van der Waals surface area (Å²) in [5.41, 5.74) is -3.50. The van der Waals surface area contributed by atoms with Crippen molar-refractivity contribution >= 4 is 0 Å². The zero-order valence-corrected chi connectivity index (χ0v) is 12.7. The van der Waals surface area contributed by atoms with Gasteiger partial charge in [0.2, 0.25) is 0 Å². The first-order chi connectivity index (χ1) is 10.8. The first kappa shape index (κ1) is 20.5. The summed E-state index contributed by atoms with van der Waals surface area (Å²) in [6.07, 6.45) is -5.75. The van der Waals surface area contributed by atoms with Crippen molar-refractivity contribution in [1.29, 1.82) is 5.26 Å². The van der Waals surface area contributed by atoms with E-state index in [4.69, 9.17) is 5.26 Å². The third-order valence-electron chi connectivity index (χ3n) is 3.81. The maximum absolute atomic E-state index is 14.0. The van der Waals surface area contributed by atoms with Crippen molar-refractivity contribution in [2.75, 3.05) is 6.61 Å². The van der Waals surface area contributed by atoms with E-state index < -0.39 is 41.6 Å². The second-order valence-corrected chi connectivity index (χ2v) is 5.49. The van der Waals surface area contributed by atoms with Crippen molar-refractivity contribution in [3.8, 4) is 6.07 Å². The minimum Gasteiger partial charge on any atom is -0.491 e. The fourth-order valence-corrected chi connectivity index (χ4v) is 2.54. The molecular weight excluding hydrogens is 347 g/mol.